The number of hydrogen-bond acceptors (Lipinski definition) is 1. The lowest BCUT2D eigenvalue weighted by molar-refractivity contribution is -0.137. The van der Waals surface area contributed by atoms with Gasteiger partial charge in [0.25, 0.3) is 0 Å². The monoisotopic (exact) mass is 353 g/mol. The van der Waals surface area contributed by atoms with Gasteiger partial charge in [0.05, 0.1) is 5.56 Å². The maximum atomic E-state index is 13.6. The Balaban J connectivity index is 2.19. The Morgan fingerprint density at radius 3 is 2.60 bits per heavy atom. The van der Waals surface area contributed by atoms with Gasteiger partial charge >= 0.3 is 6.18 Å². The first-order valence-electron chi connectivity index (χ1n) is 6.00. The molecule has 1 aromatic carbocycles. The number of carbonyl (C=O) groups excluding carboxylic acids is 1. The van der Waals surface area contributed by atoms with Crippen LogP contribution in [0.15, 0.2) is 18.2 Å². The summed E-state index contributed by atoms with van der Waals surface area (Å²) >= 11 is 3.27. The van der Waals surface area contributed by atoms with Crippen LogP contribution in [0.5, 0.6) is 0 Å². The summed E-state index contributed by atoms with van der Waals surface area (Å²) in [6, 6.07) is 2.26. The summed E-state index contributed by atoms with van der Waals surface area (Å²) in [4.78, 5) is 13.1. The molecule has 1 atom stereocenters. The minimum Gasteiger partial charge on any atom is -0.338 e. The molecule has 0 spiro atoms. The van der Waals surface area contributed by atoms with Gasteiger partial charge in [-0.15, -0.1) is 0 Å². The number of rotatable bonds is 3. The molecule has 1 aliphatic rings. The number of nitrogens with zero attached hydrogens (tertiary/aromatic N) is 1. The van der Waals surface area contributed by atoms with Gasteiger partial charge in [-0.1, -0.05) is 15.9 Å². The normalized spacial score (nSPS) is 19.8. The van der Waals surface area contributed by atoms with E-state index in [1.807, 2.05) is 0 Å². The Morgan fingerprint density at radius 1 is 1.35 bits per heavy atom. The molecule has 0 aliphatic carbocycles. The number of hydrogen-bond donors (Lipinski definition) is 0. The van der Waals surface area contributed by atoms with Crippen LogP contribution in [0.4, 0.5) is 17.6 Å². The number of alkyl halides is 4. The zero-order valence-electron chi connectivity index (χ0n) is 10.4. The molecule has 1 unspecified atom stereocenters. The van der Waals surface area contributed by atoms with E-state index >= 15 is 0 Å². The van der Waals surface area contributed by atoms with Gasteiger partial charge in [0, 0.05) is 30.4 Å². The van der Waals surface area contributed by atoms with E-state index < -0.39 is 17.6 Å². The SMILES string of the molecule is O=C1CC(CBr)CN1Cc1cc(C(F)(F)F)ccc1F. The van der Waals surface area contributed by atoms with E-state index in [4.69, 9.17) is 0 Å². The van der Waals surface area contributed by atoms with Gasteiger partial charge in [-0.3, -0.25) is 4.79 Å². The highest BCUT2D eigenvalue weighted by Crippen LogP contribution is 2.31. The van der Waals surface area contributed by atoms with E-state index in [1.165, 1.54) is 4.90 Å². The van der Waals surface area contributed by atoms with E-state index in [2.05, 4.69) is 15.9 Å². The molecular weight excluding hydrogens is 342 g/mol. The van der Waals surface area contributed by atoms with Crippen molar-refractivity contribution in [2.24, 2.45) is 5.92 Å². The molecule has 1 amide bonds. The highest BCUT2D eigenvalue weighted by atomic mass is 79.9. The molecule has 0 bridgehead atoms. The molecule has 20 heavy (non-hydrogen) atoms. The molecule has 1 aromatic rings. The smallest absolute Gasteiger partial charge is 0.338 e. The van der Waals surface area contributed by atoms with Crippen LogP contribution in [0.2, 0.25) is 0 Å². The second-order valence-corrected chi connectivity index (χ2v) is 5.45. The fourth-order valence-electron chi connectivity index (χ4n) is 2.19. The van der Waals surface area contributed by atoms with E-state index in [-0.39, 0.29) is 23.9 Å². The van der Waals surface area contributed by atoms with Crippen molar-refractivity contribution < 1.29 is 22.4 Å². The van der Waals surface area contributed by atoms with Crippen LogP contribution in [0.3, 0.4) is 0 Å². The molecule has 2 nitrogen and oxygen atoms in total. The van der Waals surface area contributed by atoms with Gasteiger partial charge in [-0.05, 0) is 24.1 Å². The van der Waals surface area contributed by atoms with Crippen molar-refractivity contribution in [3.8, 4) is 0 Å². The van der Waals surface area contributed by atoms with Crippen LogP contribution in [-0.2, 0) is 17.5 Å². The molecule has 0 N–H and O–H groups in total. The average Bonchev–Trinajstić information content (AvgIpc) is 2.71. The van der Waals surface area contributed by atoms with Gasteiger partial charge in [-0.25, -0.2) is 4.39 Å². The second-order valence-electron chi connectivity index (χ2n) is 4.80. The third-order valence-electron chi connectivity index (χ3n) is 3.25. The first-order valence-corrected chi connectivity index (χ1v) is 7.12. The molecular formula is C13H12BrF4NO. The van der Waals surface area contributed by atoms with E-state index in [0.29, 0.717) is 24.4 Å². The van der Waals surface area contributed by atoms with Crippen LogP contribution >= 0.6 is 15.9 Å². The van der Waals surface area contributed by atoms with Crippen LogP contribution in [0.25, 0.3) is 0 Å². The number of amides is 1. The van der Waals surface area contributed by atoms with Gasteiger partial charge in [-0.2, -0.15) is 13.2 Å². The summed E-state index contributed by atoms with van der Waals surface area (Å²) in [5, 5.41) is 0.639. The highest BCUT2D eigenvalue weighted by molar-refractivity contribution is 9.09. The Morgan fingerprint density at radius 2 is 2.05 bits per heavy atom. The lowest BCUT2D eigenvalue weighted by atomic mass is 10.1. The highest BCUT2D eigenvalue weighted by Gasteiger charge is 2.33. The molecule has 1 fully saturated rings. The summed E-state index contributed by atoms with van der Waals surface area (Å²) in [6.45, 7) is 0.303. The van der Waals surface area contributed by atoms with Crippen molar-refractivity contribution in [1.29, 1.82) is 0 Å². The van der Waals surface area contributed by atoms with Crippen molar-refractivity contribution in [2.45, 2.75) is 19.1 Å². The Kier molecular flexibility index (Phi) is 4.36. The topological polar surface area (TPSA) is 20.3 Å². The summed E-state index contributed by atoms with van der Waals surface area (Å²) in [7, 11) is 0. The Bertz CT molecular complexity index is 518. The fourth-order valence-corrected chi connectivity index (χ4v) is 2.62. The van der Waals surface area contributed by atoms with Gasteiger partial charge in [0.1, 0.15) is 5.82 Å². The van der Waals surface area contributed by atoms with Gasteiger partial charge < -0.3 is 4.90 Å². The van der Waals surface area contributed by atoms with Crippen molar-refractivity contribution in [3.63, 3.8) is 0 Å². The average molecular weight is 354 g/mol. The molecule has 1 heterocycles. The Labute approximate surface area is 121 Å². The summed E-state index contributed by atoms with van der Waals surface area (Å²) in [6.07, 6.45) is -4.18. The van der Waals surface area contributed by atoms with E-state index in [1.54, 1.807) is 0 Å². The summed E-state index contributed by atoms with van der Waals surface area (Å²) in [5.74, 6) is -0.768. The quantitative estimate of drug-likeness (QED) is 0.600. The van der Waals surface area contributed by atoms with Gasteiger partial charge in [0.15, 0.2) is 0 Å². The minimum atomic E-state index is -4.52. The summed E-state index contributed by atoms with van der Waals surface area (Å²) < 4.78 is 51.4. The van der Waals surface area contributed by atoms with Crippen LogP contribution < -0.4 is 0 Å². The standard InChI is InChI=1S/C13H12BrF4NO/c14-5-8-3-12(20)19(6-8)7-9-4-10(13(16,17)18)1-2-11(9)15/h1-2,4,8H,3,5-7H2. The molecule has 0 aromatic heterocycles. The van der Waals surface area contributed by atoms with Gasteiger partial charge in [0.2, 0.25) is 5.91 Å². The molecule has 0 saturated carbocycles. The van der Waals surface area contributed by atoms with Crippen molar-refractivity contribution in [3.05, 3.63) is 35.1 Å². The minimum absolute atomic E-state index is 0.108. The first-order chi connectivity index (χ1) is 9.31. The lowest BCUT2D eigenvalue weighted by Gasteiger charge is -2.18. The lowest BCUT2D eigenvalue weighted by Crippen LogP contribution is -2.25. The maximum absolute atomic E-state index is 13.6. The second kappa shape index (κ2) is 5.71. The first kappa shape index (κ1) is 15.3. The number of carbonyl (C=O) groups is 1. The third kappa shape index (κ3) is 3.31. The number of benzene rings is 1. The predicted octanol–water partition coefficient (Wildman–Crippen LogP) is 3.59. The van der Waals surface area contributed by atoms with Crippen LogP contribution in [0.1, 0.15) is 17.5 Å². The molecule has 1 aliphatic heterocycles. The molecule has 1 saturated heterocycles. The predicted molar refractivity (Wildman–Crippen MR) is 68.7 cm³/mol. The molecule has 0 radical (unpaired) electrons. The van der Waals surface area contributed by atoms with Crippen molar-refractivity contribution in [2.75, 3.05) is 11.9 Å². The van der Waals surface area contributed by atoms with E-state index in [9.17, 15) is 22.4 Å². The summed E-state index contributed by atoms with van der Waals surface area (Å²) in [5.41, 5.74) is -1.01. The zero-order valence-corrected chi connectivity index (χ0v) is 12.0. The third-order valence-corrected chi connectivity index (χ3v) is 4.16. The van der Waals surface area contributed by atoms with Crippen molar-refractivity contribution >= 4 is 21.8 Å². The Hall–Kier alpha value is -1.11. The zero-order chi connectivity index (χ0) is 14.9. The molecule has 2 rings (SSSR count). The van der Waals surface area contributed by atoms with E-state index in [0.717, 1.165) is 12.1 Å². The van der Waals surface area contributed by atoms with Crippen LogP contribution in [-0.4, -0.2) is 22.7 Å². The molecule has 7 heteroatoms. The van der Waals surface area contributed by atoms with Crippen molar-refractivity contribution in [1.82, 2.24) is 4.90 Å². The maximum Gasteiger partial charge on any atom is 0.416 e. The molecule has 110 valence electrons. The number of halogens is 5. The van der Waals surface area contributed by atoms with Crippen LogP contribution in [0, 0.1) is 11.7 Å². The number of likely N-dealkylation sites (tertiary alicyclic amines) is 1. The largest absolute Gasteiger partial charge is 0.416 e. The fraction of sp³-hybridized carbons (Fsp3) is 0.462.